The SMILES string of the molecule is CC[C@H]1OC(=O)[C@H](C)[C@@H](O[C@H]2C[C@H](OC)[C@@H](O)[C@H](C)O2)[C@H](C)[C@@H](O)[C@](C)(O)C[C@@H](C)C(=O)[C@H](C)[C@@H](O)[C@H]1C. The summed E-state index contributed by atoms with van der Waals surface area (Å²) in [5.74, 6) is -4.37. The van der Waals surface area contributed by atoms with Crippen LogP contribution in [0.1, 0.15) is 74.7 Å². The third-order valence-electron chi connectivity index (χ3n) is 8.74. The molecule has 0 amide bonds. The van der Waals surface area contributed by atoms with E-state index in [9.17, 15) is 30.0 Å². The van der Waals surface area contributed by atoms with Gasteiger partial charge in [-0.2, -0.15) is 0 Å². The van der Waals surface area contributed by atoms with E-state index in [4.69, 9.17) is 18.9 Å². The van der Waals surface area contributed by atoms with E-state index in [1.54, 1.807) is 41.5 Å². The second-order valence-electron chi connectivity index (χ2n) is 11.9. The molecule has 2 saturated heterocycles. The van der Waals surface area contributed by atoms with Crippen LogP contribution in [0, 0.1) is 29.6 Å². The topological polar surface area (TPSA) is 152 Å². The molecule has 10 heteroatoms. The number of hydrogen-bond acceptors (Lipinski definition) is 10. The van der Waals surface area contributed by atoms with Gasteiger partial charge in [-0.05, 0) is 33.6 Å². The molecule has 0 unspecified atom stereocenters. The number of carbonyl (C=O) groups is 2. The van der Waals surface area contributed by atoms with E-state index in [1.165, 1.54) is 14.0 Å². The number of cyclic esters (lactones) is 1. The van der Waals surface area contributed by atoms with Gasteiger partial charge in [-0.3, -0.25) is 9.59 Å². The Labute approximate surface area is 227 Å². The Morgan fingerprint density at radius 3 is 2.13 bits per heavy atom. The van der Waals surface area contributed by atoms with Crippen molar-refractivity contribution >= 4 is 11.8 Å². The first kappa shape index (κ1) is 33.1. The molecular formula is C28H50O10. The first-order valence-electron chi connectivity index (χ1n) is 13.9. The minimum Gasteiger partial charge on any atom is -0.462 e. The van der Waals surface area contributed by atoms with Gasteiger partial charge in [0.25, 0.3) is 0 Å². The Morgan fingerprint density at radius 2 is 1.58 bits per heavy atom. The summed E-state index contributed by atoms with van der Waals surface area (Å²) in [4.78, 5) is 26.6. The third-order valence-corrected chi connectivity index (χ3v) is 8.74. The molecule has 2 heterocycles. The van der Waals surface area contributed by atoms with Crippen molar-refractivity contribution in [2.24, 2.45) is 29.6 Å². The molecule has 0 spiro atoms. The summed E-state index contributed by atoms with van der Waals surface area (Å²) in [6, 6.07) is 0. The molecular weight excluding hydrogens is 496 g/mol. The number of hydrogen-bond donors (Lipinski definition) is 4. The minimum atomic E-state index is -1.70. The molecule has 4 N–H and O–H groups in total. The number of aliphatic hydroxyl groups is 4. The smallest absolute Gasteiger partial charge is 0.311 e. The van der Waals surface area contributed by atoms with Crippen LogP contribution in [0.15, 0.2) is 0 Å². The molecule has 0 aliphatic carbocycles. The molecule has 0 saturated carbocycles. The van der Waals surface area contributed by atoms with Crippen LogP contribution in [0.3, 0.4) is 0 Å². The number of ether oxygens (including phenoxy) is 4. The van der Waals surface area contributed by atoms with Crippen molar-refractivity contribution in [1.82, 2.24) is 0 Å². The second kappa shape index (κ2) is 13.5. The number of ketones is 1. The fraction of sp³-hybridized carbons (Fsp3) is 0.929. The number of carbonyl (C=O) groups excluding carboxylic acids is 2. The first-order valence-corrected chi connectivity index (χ1v) is 13.9. The standard InChI is InChI=1S/C28H50O10/c1-10-19-14(3)23(30)15(4)22(29)13(2)12-28(8,34)26(32)16(5)25(17(6)27(33)37-19)38-21-11-20(35-9)24(31)18(7)36-21/h13-21,23-26,30-32,34H,10-12H2,1-9H3/t13-,14+,15+,16+,17-,18+,19-,20+,21+,23+,24+,25+,26-,28-/m1/s1. The summed E-state index contributed by atoms with van der Waals surface area (Å²) in [5, 5.41) is 44.0. The summed E-state index contributed by atoms with van der Waals surface area (Å²) >= 11 is 0. The number of Topliss-reactive ketones (excluding diaryl/α,β-unsaturated/α-hetero) is 1. The molecule has 2 fully saturated rings. The lowest BCUT2D eigenvalue weighted by Gasteiger charge is -2.43. The van der Waals surface area contributed by atoms with Crippen molar-refractivity contribution in [3.63, 3.8) is 0 Å². The molecule has 222 valence electrons. The largest absolute Gasteiger partial charge is 0.462 e. The van der Waals surface area contributed by atoms with Gasteiger partial charge in [-0.15, -0.1) is 0 Å². The van der Waals surface area contributed by atoms with Gasteiger partial charge in [0.05, 0.1) is 42.0 Å². The Hall–Kier alpha value is -1.14. The zero-order valence-electron chi connectivity index (χ0n) is 24.4. The van der Waals surface area contributed by atoms with E-state index in [-0.39, 0.29) is 18.6 Å². The van der Waals surface area contributed by atoms with Crippen LogP contribution in [0.2, 0.25) is 0 Å². The van der Waals surface area contributed by atoms with E-state index in [0.717, 1.165) is 0 Å². The van der Waals surface area contributed by atoms with Crippen molar-refractivity contribution in [2.45, 2.75) is 129 Å². The Bertz CT molecular complexity index is 788. The van der Waals surface area contributed by atoms with E-state index >= 15 is 0 Å². The van der Waals surface area contributed by atoms with Gasteiger partial charge in [-0.1, -0.05) is 34.6 Å². The van der Waals surface area contributed by atoms with Gasteiger partial charge in [0.2, 0.25) is 0 Å². The van der Waals surface area contributed by atoms with Crippen LogP contribution in [-0.2, 0) is 28.5 Å². The molecule has 0 radical (unpaired) electrons. The highest BCUT2D eigenvalue weighted by atomic mass is 16.7. The average Bonchev–Trinajstić information content (AvgIpc) is 2.88. The maximum absolute atomic E-state index is 13.4. The lowest BCUT2D eigenvalue weighted by molar-refractivity contribution is -0.278. The molecule has 0 aromatic heterocycles. The van der Waals surface area contributed by atoms with Gasteiger partial charge in [-0.25, -0.2) is 0 Å². The number of esters is 1. The maximum Gasteiger partial charge on any atom is 0.311 e. The average molecular weight is 547 g/mol. The molecule has 10 nitrogen and oxygen atoms in total. The van der Waals surface area contributed by atoms with E-state index in [1.807, 2.05) is 6.92 Å². The van der Waals surface area contributed by atoms with Crippen LogP contribution in [-0.4, -0.2) is 93.9 Å². The molecule has 14 atom stereocenters. The summed E-state index contributed by atoms with van der Waals surface area (Å²) in [5.41, 5.74) is -1.70. The van der Waals surface area contributed by atoms with E-state index in [2.05, 4.69) is 0 Å². The summed E-state index contributed by atoms with van der Waals surface area (Å²) in [7, 11) is 1.48. The van der Waals surface area contributed by atoms with Gasteiger partial charge < -0.3 is 39.4 Å². The van der Waals surface area contributed by atoms with Gasteiger partial charge in [0, 0.05) is 37.2 Å². The molecule has 2 aliphatic rings. The number of aliphatic hydroxyl groups excluding tert-OH is 3. The second-order valence-corrected chi connectivity index (χ2v) is 11.9. The fourth-order valence-electron chi connectivity index (χ4n) is 6.04. The molecule has 2 rings (SSSR count). The van der Waals surface area contributed by atoms with Crippen molar-refractivity contribution in [1.29, 1.82) is 0 Å². The van der Waals surface area contributed by atoms with Crippen molar-refractivity contribution in [3.8, 4) is 0 Å². The minimum absolute atomic E-state index is 0.0412. The van der Waals surface area contributed by atoms with Gasteiger partial charge in [0.15, 0.2) is 6.29 Å². The summed E-state index contributed by atoms with van der Waals surface area (Å²) < 4.78 is 23.4. The molecule has 0 aromatic carbocycles. The zero-order valence-corrected chi connectivity index (χ0v) is 24.4. The van der Waals surface area contributed by atoms with E-state index < -0.39 is 90.2 Å². The fourth-order valence-corrected chi connectivity index (χ4v) is 6.04. The van der Waals surface area contributed by atoms with Gasteiger partial charge >= 0.3 is 5.97 Å². The predicted octanol–water partition coefficient (Wildman–Crippen LogP) is 1.83. The highest BCUT2D eigenvalue weighted by Crippen LogP contribution is 2.35. The van der Waals surface area contributed by atoms with Crippen LogP contribution in [0.25, 0.3) is 0 Å². The Balaban J connectivity index is 2.47. The lowest BCUT2D eigenvalue weighted by atomic mass is 9.75. The molecule has 0 aromatic rings. The number of methoxy groups -OCH3 is 1. The highest BCUT2D eigenvalue weighted by molar-refractivity contribution is 5.83. The lowest BCUT2D eigenvalue weighted by Crippen LogP contribution is -2.54. The third kappa shape index (κ3) is 7.33. The maximum atomic E-state index is 13.4. The summed E-state index contributed by atoms with van der Waals surface area (Å²) in [6.45, 7) is 13.4. The van der Waals surface area contributed by atoms with Crippen LogP contribution in [0.4, 0.5) is 0 Å². The Kier molecular flexibility index (Phi) is 11.7. The van der Waals surface area contributed by atoms with Crippen molar-refractivity contribution < 1.29 is 49.0 Å². The summed E-state index contributed by atoms with van der Waals surface area (Å²) in [6.07, 6.45) is -6.27. The molecule has 38 heavy (non-hydrogen) atoms. The van der Waals surface area contributed by atoms with E-state index in [0.29, 0.717) is 6.42 Å². The zero-order chi connectivity index (χ0) is 29.1. The van der Waals surface area contributed by atoms with Gasteiger partial charge in [0.1, 0.15) is 18.0 Å². The number of rotatable bonds is 4. The normalized spacial score (nSPS) is 48.3. The van der Waals surface area contributed by atoms with Crippen molar-refractivity contribution in [2.75, 3.05) is 7.11 Å². The molecule has 0 bridgehead atoms. The highest BCUT2D eigenvalue weighted by Gasteiger charge is 2.47. The first-order chi connectivity index (χ1) is 17.6. The Morgan fingerprint density at radius 1 is 0.974 bits per heavy atom. The van der Waals surface area contributed by atoms with Crippen LogP contribution < -0.4 is 0 Å². The molecule has 2 aliphatic heterocycles. The van der Waals surface area contributed by atoms with Crippen molar-refractivity contribution in [3.05, 3.63) is 0 Å². The monoisotopic (exact) mass is 546 g/mol. The van der Waals surface area contributed by atoms with Crippen LogP contribution >= 0.6 is 0 Å². The predicted molar refractivity (Wildman–Crippen MR) is 139 cm³/mol. The van der Waals surface area contributed by atoms with Crippen LogP contribution in [0.5, 0.6) is 0 Å². The quantitative estimate of drug-likeness (QED) is 0.384.